The van der Waals surface area contributed by atoms with Gasteiger partial charge in [-0.3, -0.25) is 9.59 Å². The Labute approximate surface area is 94.2 Å². The van der Waals surface area contributed by atoms with Gasteiger partial charge in [0.05, 0.1) is 6.54 Å². The van der Waals surface area contributed by atoms with Crippen LogP contribution in [0.1, 0.15) is 26.7 Å². The maximum Gasteiger partial charge on any atom is 0.246 e. The highest BCUT2D eigenvalue weighted by atomic mass is 19.1. The molecule has 2 aliphatic rings. The third-order valence-electron chi connectivity index (χ3n) is 3.68. The summed E-state index contributed by atoms with van der Waals surface area (Å²) in [6.45, 7) is 2.80. The zero-order chi connectivity index (χ0) is 11.9. The lowest BCUT2D eigenvalue weighted by atomic mass is 9.88. The molecule has 1 N–H and O–H groups in total. The molecule has 5 heteroatoms. The predicted octanol–water partition coefficient (Wildman–Crippen LogP) is 0.471. The van der Waals surface area contributed by atoms with Crippen molar-refractivity contribution >= 4 is 11.8 Å². The first-order valence-corrected chi connectivity index (χ1v) is 5.70. The van der Waals surface area contributed by atoms with Crippen molar-refractivity contribution in [1.29, 1.82) is 0 Å². The first kappa shape index (κ1) is 11.4. The van der Waals surface area contributed by atoms with Crippen LogP contribution in [-0.2, 0) is 9.59 Å². The molecule has 2 atom stereocenters. The molecule has 0 aromatic rings. The molecular formula is C11H17FN2O2. The van der Waals surface area contributed by atoms with Crippen LogP contribution in [-0.4, -0.2) is 41.5 Å². The quantitative estimate of drug-likeness (QED) is 0.763. The number of nitrogens with one attached hydrogen (secondary N) is 1. The summed E-state index contributed by atoms with van der Waals surface area (Å²) in [7, 11) is 0. The summed E-state index contributed by atoms with van der Waals surface area (Å²) in [6.07, 6.45) is 1.88. The standard InChI is InChI=1S/C11H17FN2O2/c1-7-9(15)14(6-5-12)11(2,8-3-4-8)10(16)13-7/h7-8H,3-6H2,1-2H3,(H,13,16). The Morgan fingerprint density at radius 2 is 2.12 bits per heavy atom. The normalized spacial score (nSPS) is 35.2. The number of hydrogen-bond acceptors (Lipinski definition) is 2. The maximum absolute atomic E-state index is 12.5. The Balaban J connectivity index is 2.30. The van der Waals surface area contributed by atoms with Gasteiger partial charge in [-0.2, -0.15) is 0 Å². The van der Waals surface area contributed by atoms with E-state index in [9.17, 15) is 14.0 Å². The molecule has 1 saturated heterocycles. The van der Waals surface area contributed by atoms with Crippen LogP contribution in [0.3, 0.4) is 0 Å². The molecule has 1 heterocycles. The number of amides is 2. The van der Waals surface area contributed by atoms with Gasteiger partial charge in [0, 0.05) is 0 Å². The summed E-state index contributed by atoms with van der Waals surface area (Å²) in [5, 5.41) is 2.68. The number of hydrogen-bond donors (Lipinski definition) is 1. The van der Waals surface area contributed by atoms with E-state index in [4.69, 9.17) is 0 Å². The molecule has 1 aliphatic carbocycles. The van der Waals surface area contributed by atoms with Gasteiger partial charge in [-0.15, -0.1) is 0 Å². The molecule has 4 nitrogen and oxygen atoms in total. The van der Waals surface area contributed by atoms with Gasteiger partial charge in [0.2, 0.25) is 11.8 Å². The lowest BCUT2D eigenvalue weighted by Crippen LogP contribution is -2.70. The largest absolute Gasteiger partial charge is 0.343 e. The Morgan fingerprint density at radius 1 is 1.50 bits per heavy atom. The van der Waals surface area contributed by atoms with E-state index in [2.05, 4.69) is 5.32 Å². The van der Waals surface area contributed by atoms with Gasteiger partial charge < -0.3 is 10.2 Å². The number of rotatable bonds is 3. The van der Waals surface area contributed by atoms with Crippen molar-refractivity contribution in [3.05, 3.63) is 0 Å². The lowest BCUT2D eigenvalue weighted by molar-refractivity contribution is -0.157. The van der Waals surface area contributed by atoms with Gasteiger partial charge in [-0.1, -0.05) is 0 Å². The molecule has 0 radical (unpaired) electrons. The third kappa shape index (κ3) is 1.49. The van der Waals surface area contributed by atoms with E-state index in [-0.39, 0.29) is 24.3 Å². The molecule has 2 unspecified atom stereocenters. The molecule has 1 saturated carbocycles. The van der Waals surface area contributed by atoms with E-state index in [1.165, 1.54) is 4.90 Å². The van der Waals surface area contributed by atoms with Crippen molar-refractivity contribution in [3.8, 4) is 0 Å². The van der Waals surface area contributed by atoms with Gasteiger partial charge in [-0.05, 0) is 32.6 Å². The number of alkyl halides is 1. The number of halogens is 1. The zero-order valence-electron chi connectivity index (χ0n) is 9.62. The molecule has 0 bridgehead atoms. The van der Waals surface area contributed by atoms with E-state index in [0.29, 0.717) is 0 Å². The first-order valence-electron chi connectivity index (χ1n) is 5.70. The molecule has 2 rings (SSSR count). The molecule has 16 heavy (non-hydrogen) atoms. The molecular weight excluding hydrogens is 211 g/mol. The van der Waals surface area contributed by atoms with Gasteiger partial charge >= 0.3 is 0 Å². The van der Waals surface area contributed by atoms with E-state index in [1.807, 2.05) is 0 Å². The summed E-state index contributed by atoms with van der Waals surface area (Å²) < 4.78 is 12.5. The highest BCUT2D eigenvalue weighted by Crippen LogP contribution is 2.44. The summed E-state index contributed by atoms with van der Waals surface area (Å²) >= 11 is 0. The van der Waals surface area contributed by atoms with Crippen molar-refractivity contribution in [3.63, 3.8) is 0 Å². The van der Waals surface area contributed by atoms with Crippen LogP contribution in [0.15, 0.2) is 0 Å². The minimum Gasteiger partial charge on any atom is -0.343 e. The number of carbonyl (C=O) groups is 2. The van der Waals surface area contributed by atoms with Crippen LogP contribution in [0.2, 0.25) is 0 Å². The van der Waals surface area contributed by atoms with Gasteiger partial charge in [-0.25, -0.2) is 4.39 Å². The fourth-order valence-electron chi connectivity index (χ4n) is 2.47. The highest BCUT2D eigenvalue weighted by Gasteiger charge is 2.56. The lowest BCUT2D eigenvalue weighted by Gasteiger charge is -2.45. The Kier molecular flexibility index (Phi) is 2.64. The van der Waals surface area contributed by atoms with Crippen LogP contribution >= 0.6 is 0 Å². The van der Waals surface area contributed by atoms with Crippen molar-refractivity contribution in [2.45, 2.75) is 38.3 Å². The highest BCUT2D eigenvalue weighted by molar-refractivity contribution is 5.99. The van der Waals surface area contributed by atoms with E-state index >= 15 is 0 Å². The molecule has 0 spiro atoms. The van der Waals surface area contributed by atoms with Crippen LogP contribution in [0.25, 0.3) is 0 Å². The Bertz CT molecular complexity index is 330. The number of carbonyl (C=O) groups excluding carboxylic acids is 2. The molecule has 90 valence electrons. The fourth-order valence-corrected chi connectivity index (χ4v) is 2.47. The minimum absolute atomic E-state index is 0.0175. The second-order valence-corrected chi connectivity index (χ2v) is 4.80. The summed E-state index contributed by atoms with van der Waals surface area (Å²) in [5.41, 5.74) is -0.838. The van der Waals surface area contributed by atoms with Crippen molar-refractivity contribution in [2.75, 3.05) is 13.2 Å². The van der Waals surface area contributed by atoms with Crippen LogP contribution in [0.4, 0.5) is 4.39 Å². The average Bonchev–Trinajstić information content (AvgIpc) is 3.05. The van der Waals surface area contributed by atoms with E-state index in [0.717, 1.165) is 12.8 Å². The SMILES string of the molecule is CC1NC(=O)C(C)(C2CC2)N(CCF)C1=O. The second-order valence-electron chi connectivity index (χ2n) is 4.80. The average molecular weight is 228 g/mol. The van der Waals surface area contributed by atoms with E-state index < -0.39 is 18.3 Å². The first-order chi connectivity index (χ1) is 7.51. The smallest absolute Gasteiger partial charge is 0.246 e. The van der Waals surface area contributed by atoms with Gasteiger partial charge in [0.1, 0.15) is 18.3 Å². The van der Waals surface area contributed by atoms with Crippen molar-refractivity contribution in [1.82, 2.24) is 10.2 Å². The summed E-state index contributed by atoms with van der Waals surface area (Å²) in [6, 6.07) is -0.536. The number of nitrogens with zero attached hydrogens (tertiary/aromatic N) is 1. The third-order valence-corrected chi connectivity index (χ3v) is 3.68. The molecule has 0 aromatic carbocycles. The topological polar surface area (TPSA) is 49.4 Å². The Hall–Kier alpha value is -1.13. The second kappa shape index (κ2) is 3.71. The van der Waals surface area contributed by atoms with Gasteiger partial charge in [0.15, 0.2) is 0 Å². The molecule has 0 aromatic heterocycles. The van der Waals surface area contributed by atoms with Crippen molar-refractivity contribution in [2.24, 2.45) is 5.92 Å². The summed E-state index contributed by atoms with van der Waals surface area (Å²) in [4.78, 5) is 25.4. The monoisotopic (exact) mass is 228 g/mol. The van der Waals surface area contributed by atoms with E-state index in [1.54, 1.807) is 13.8 Å². The maximum atomic E-state index is 12.5. The fraction of sp³-hybridized carbons (Fsp3) is 0.818. The number of piperazine rings is 1. The molecule has 2 fully saturated rings. The molecule has 2 amide bonds. The van der Waals surface area contributed by atoms with Crippen LogP contribution in [0, 0.1) is 5.92 Å². The predicted molar refractivity (Wildman–Crippen MR) is 56.4 cm³/mol. The van der Waals surface area contributed by atoms with Crippen LogP contribution in [0.5, 0.6) is 0 Å². The Morgan fingerprint density at radius 3 is 2.62 bits per heavy atom. The van der Waals surface area contributed by atoms with Gasteiger partial charge in [0.25, 0.3) is 0 Å². The summed E-state index contributed by atoms with van der Waals surface area (Å²) in [5.74, 6) is -0.127. The zero-order valence-corrected chi connectivity index (χ0v) is 9.62. The van der Waals surface area contributed by atoms with Crippen LogP contribution < -0.4 is 5.32 Å². The molecule has 1 aliphatic heterocycles. The van der Waals surface area contributed by atoms with Crippen molar-refractivity contribution < 1.29 is 14.0 Å². The minimum atomic E-state index is -0.838.